The van der Waals surface area contributed by atoms with Crippen LogP contribution in [-0.2, 0) is 9.59 Å². The molecule has 0 saturated heterocycles. The zero-order valence-electron chi connectivity index (χ0n) is 17.2. The molecule has 0 N–H and O–H groups in total. The van der Waals surface area contributed by atoms with E-state index in [-0.39, 0.29) is 33.6 Å². The van der Waals surface area contributed by atoms with Gasteiger partial charge in [-0.1, -0.05) is 37.0 Å². The number of halogens is 4. The molecule has 6 heteroatoms. The second kappa shape index (κ2) is 7.76. The number of allylic oxidation sites excluding steroid dienone is 11. The minimum atomic E-state index is -4.98. The van der Waals surface area contributed by atoms with Crippen LogP contribution in [-0.4, -0.2) is 17.7 Å². The summed E-state index contributed by atoms with van der Waals surface area (Å²) in [5, 5.41) is 0. The van der Waals surface area contributed by atoms with Crippen molar-refractivity contribution in [3.63, 3.8) is 0 Å². The summed E-state index contributed by atoms with van der Waals surface area (Å²) in [6.45, 7) is 8.00. The summed E-state index contributed by atoms with van der Waals surface area (Å²) in [5.41, 5.74) is -2.42. The molecular weight excluding hydrogens is 408 g/mol. The molecule has 0 unspecified atom stereocenters. The normalized spacial score (nSPS) is 18.7. The van der Waals surface area contributed by atoms with Crippen molar-refractivity contribution >= 4 is 17.1 Å². The van der Waals surface area contributed by atoms with E-state index < -0.39 is 28.8 Å². The first-order chi connectivity index (χ1) is 14.4. The standard InChI is InChI=1S/C25H20F4O2/c1-5-6-7-18-16(4)24(10-8-17(30)9-11-24)21(22(23(18)31)25(27,28)29)19-12-15(3)20(26)13-14(19)2/h5-13H,1H2,2-4H3/b7-6-. The number of hydrogen-bond donors (Lipinski definition) is 0. The van der Waals surface area contributed by atoms with Crippen molar-refractivity contribution < 1.29 is 27.2 Å². The lowest BCUT2D eigenvalue weighted by molar-refractivity contribution is -0.125. The van der Waals surface area contributed by atoms with Crippen LogP contribution < -0.4 is 0 Å². The maximum atomic E-state index is 14.3. The van der Waals surface area contributed by atoms with E-state index in [1.807, 2.05) is 0 Å². The molecule has 0 radical (unpaired) electrons. The van der Waals surface area contributed by atoms with Gasteiger partial charge in [-0.15, -0.1) is 0 Å². The summed E-state index contributed by atoms with van der Waals surface area (Å²) in [6.07, 6.45) is 4.17. The predicted molar refractivity (Wildman–Crippen MR) is 112 cm³/mol. The van der Waals surface area contributed by atoms with E-state index in [0.717, 1.165) is 6.07 Å². The van der Waals surface area contributed by atoms with E-state index in [1.54, 1.807) is 6.92 Å². The molecule has 2 aliphatic carbocycles. The monoisotopic (exact) mass is 428 g/mol. The average Bonchev–Trinajstić information content (AvgIpc) is 2.68. The van der Waals surface area contributed by atoms with Crippen molar-refractivity contribution in [3.8, 4) is 0 Å². The number of aryl methyl sites for hydroxylation is 2. The second-order valence-electron chi connectivity index (χ2n) is 7.56. The molecule has 0 heterocycles. The Hall–Kier alpha value is -3.28. The van der Waals surface area contributed by atoms with Gasteiger partial charge in [0.15, 0.2) is 11.6 Å². The molecule has 1 spiro atoms. The lowest BCUT2D eigenvalue weighted by Crippen LogP contribution is -2.36. The number of Topliss-reactive ketones (excluding diaryl/α,β-unsaturated/α-hetero) is 1. The fourth-order valence-corrected chi connectivity index (χ4v) is 4.03. The van der Waals surface area contributed by atoms with Gasteiger partial charge in [-0.05, 0) is 72.9 Å². The van der Waals surface area contributed by atoms with Crippen LogP contribution in [0.5, 0.6) is 0 Å². The third-order valence-electron chi connectivity index (χ3n) is 5.64. The quantitative estimate of drug-likeness (QED) is 0.432. The average molecular weight is 428 g/mol. The largest absolute Gasteiger partial charge is 0.420 e. The Bertz CT molecular complexity index is 1140. The highest BCUT2D eigenvalue weighted by molar-refractivity contribution is 6.20. The number of carbonyl (C=O) groups excluding carboxylic acids is 2. The van der Waals surface area contributed by atoms with Crippen LogP contribution in [0.2, 0.25) is 0 Å². The van der Waals surface area contributed by atoms with E-state index in [2.05, 4.69) is 6.58 Å². The van der Waals surface area contributed by atoms with Gasteiger partial charge in [0.25, 0.3) is 0 Å². The third kappa shape index (κ3) is 3.67. The summed E-state index contributed by atoms with van der Waals surface area (Å²) in [6, 6.07) is 2.47. The van der Waals surface area contributed by atoms with Crippen molar-refractivity contribution in [3.05, 3.63) is 100 Å². The molecule has 31 heavy (non-hydrogen) atoms. The van der Waals surface area contributed by atoms with Gasteiger partial charge in [0, 0.05) is 5.57 Å². The van der Waals surface area contributed by atoms with Crippen LogP contribution in [0, 0.1) is 25.1 Å². The molecule has 3 rings (SSSR count). The first-order valence-corrected chi connectivity index (χ1v) is 9.50. The molecule has 0 aromatic heterocycles. The molecule has 0 aliphatic heterocycles. The van der Waals surface area contributed by atoms with E-state index >= 15 is 0 Å². The van der Waals surface area contributed by atoms with E-state index in [4.69, 9.17) is 0 Å². The van der Waals surface area contributed by atoms with Gasteiger partial charge < -0.3 is 0 Å². The van der Waals surface area contributed by atoms with Crippen molar-refractivity contribution in [2.45, 2.75) is 26.9 Å². The zero-order valence-corrected chi connectivity index (χ0v) is 17.2. The number of benzene rings is 1. The highest BCUT2D eigenvalue weighted by Crippen LogP contribution is 2.55. The van der Waals surface area contributed by atoms with E-state index in [9.17, 15) is 27.2 Å². The van der Waals surface area contributed by atoms with Gasteiger partial charge in [-0.25, -0.2) is 4.39 Å². The minimum Gasteiger partial charge on any atom is -0.290 e. The fourth-order valence-electron chi connectivity index (χ4n) is 4.03. The van der Waals surface area contributed by atoms with Crippen LogP contribution >= 0.6 is 0 Å². The van der Waals surface area contributed by atoms with Crippen molar-refractivity contribution in [1.82, 2.24) is 0 Å². The smallest absolute Gasteiger partial charge is 0.290 e. The van der Waals surface area contributed by atoms with Crippen LogP contribution in [0.15, 0.2) is 78.0 Å². The maximum absolute atomic E-state index is 14.3. The number of rotatable bonds is 3. The van der Waals surface area contributed by atoms with E-state index in [0.29, 0.717) is 5.57 Å². The molecule has 0 bridgehead atoms. The Morgan fingerprint density at radius 1 is 1.00 bits per heavy atom. The van der Waals surface area contributed by atoms with Crippen LogP contribution in [0.25, 0.3) is 5.57 Å². The summed E-state index contributed by atoms with van der Waals surface area (Å²) < 4.78 is 57.1. The van der Waals surface area contributed by atoms with Gasteiger partial charge in [0.2, 0.25) is 0 Å². The van der Waals surface area contributed by atoms with Gasteiger partial charge in [-0.2, -0.15) is 13.2 Å². The Morgan fingerprint density at radius 3 is 2.16 bits per heavy atom. The Labute approximate surface area is 177 Å². The number of alkyl halides is 3. The Morgan fingerprint density at radius 2 is 1.61 bits per heavy atom. The minimum absolute atomic E-state index is 0.106. The first-order valence-electron chi connectivity index (χ1n) is 9.50. The second-order valence-corrected chi connectivity index (χ2v) is 7.56. The van der Waals surface area contributed by atoms with Crippen molar-refractivity contribution in [2.24, 2.45) is 5.41 Å². The SMILES string of the molecule is C=C/C=C\C1=C(C)C2(C=CC(=O)C=C2)C(c2cc(C)c(F)cc2C)=C(C(F)(F)F)C1=O. The van der Waals surface area contributed by atoms with Crippen molar-refractivity contribution in [1.29, 1.82) is 0 Å². The summed E-state index contributed by atoms with van der Waals surface area (Å²) in [7, 11) is 0. The molecular formula is C25H20F4O2. The Balaban J connectivity index is 2.52. The highest BCUT2D eigenvalue weighted by atomic mass is 19.4. The number of hydrogen-bond acceptors (Lipinski definition) is 2. The molecule has 1 aromatic rings. The van der Waals surface area contributed by atoms with Crippen molar-refractivity contribution in [2.75, 3.05) is 0 Å². The Kier molecular flexibility index (Phi) is 5.61. The molecule has 1 aromatic carbocycles. The van der Waals surface area contributed by atoms with Crippen LogP contribution in [0.3, 0.4) is 0 Å². The molecule has 160 valence electrons. The fraction of sp³-hybridized carbons (Fsp3) is 0.200. The van der Waals surface area contributed by atoms with Gasteiger partial charge in [0.05, 0.1) is 5.41 Å². The lowest BCUT2D eigenvalue weighted by atomic mass is 9.62. The summed E-state index contributed by atoms with van der Waals surface area (Å²) in [5.74, 6) is -2.11. The van der Waals surface area contributed by atoms with Gasteiger partial charge >= 0.3 is 6.18 Å². The predicted octanol–water partition coefficient (Wildman–Crippen LogP) is 6.08. The molecule has 0 amide bonds. The molecule has 2 nitrogen and oxygen atoms in total. The third-order valence-corrected chi connectivity index (χ3v) is 5.64. The molecule has 0 atom stereocenters. The first kappa shape index (κ1) is 22.4. The highest BCUT2D eigenvalue weighted by Gasteiger charge is 2.51. The number of ketones is 2. The number of carbonyl (C=O) groups is 2. The van der Waals surface area contributed by atoms with Crippen LogP contribution in [0.1, 0.15) is 23.6 Å². The molecule has 2 aliphatic rings. The topological polar surface area (TPSA) is 34.1 Å². The zero-order chi connectivity index (χ0) is 23.1. The van der Waals surface area contributed by atoms with E-state index in [1.165, 1.54) is 62.4 Å². The molecule has 0 saturated carbocycles. The van der Waals surface area contributed by atoms with Crippen LogP contribution in [0.4, 0.5) is 17.6 Å². The molecule has 0 fully saturated rings. The van der Waals surface area contributed by atoms with Gasteiger partial charge in [0.1, 0.15) is 11.4 Å². The van der Waals surface area contributed by atoms with Gasteiger partial charge in [-0.3, -0.25) is 9.59 Å². The summed E-state index contributed by atoms with van der Waals surface area (Å²) in [4.78, 5) is 24.9. The maximum Gasteiger partial charge on any atom is 0.420 e. The summed E-state index contributed by atoms with van der Waals surface area (Å²) >= 11 is 0. The lowest BCUT2D eigenvalue weighted by Gasteiger charge is -2.40.